The van der Waals surface area contributed by atoms with Crippen LogP contribution < -0.4 is 11.1 Å². The molecule has 1 saturated carbocycles. The van der Waals surface area contributed by atoms with Crippen molar-refractivity contribution in [2.45, 2.75) is 50.9 Å². The number of hydrogen-bond donors (Lipinski definition) is 2. The zero-order chi connectivity index (χ0) is 11.7. The number of nitrogens with two attached hydrogens (primary N) is 1. The third-order valence-electron chi connectivity index (χ3n) is 3.09. The first-order chi connectivity index (χ1) is 6.78. The topological polar surface area (TPSA) is 38.0 Å². The van der Waals surface area contributed by atoms with E-state index in [1.807, 2.05) is 13.8 Å². The van der Waals surface area contributed by atoms with Gasteiger partial charge in [-0.15, -0.1) is 0 Å². The van der Waals surface area contributed by atoms with Crippen molar-refractivity contribution in [2.75, 3.05) is 6.54 Å². The van der Waals surface area contributed by atoms with Crippen LogP contribution in [0.1, 0.15) is 33.1 Å². The van der Waals surface area contributed by atoms with Crippen LogP contribution in [-0.2, 0) is 0 Å². The van der Waals surface area contributed by atoms with Gasteiger partial charge in [-0.1, -0.05) is 13.8 Å². The third-order valence-corrected chi connectivity index (χ3v) is 3.09. The van der Waals surface area contributed by atoms with Gasteiger partial charge in [0.1, 0.15) is 5.54 Å². The lowest BCUT2D eigenvalue weighted by Gasteiger charge is -2.22. The van der Waals surface area contributed by atoms with Gasteiger partial charge in [0.05, 0.1) is 0 Å². The van der Waals surface area contributed by atoms with E-state index in [9.17, 15) is 13.2 Å². The summed E-state index contributed by atoms with van der Waals surface area (Å²) in [6, 6.07) is -0.0264. The molecule has 1 unspecified atom stereocenters. The van der Waals surface area contributed by atoms with E-state index < -0.39 is 11.7 Å². The van der Waals surface area contributed by atoms with E-state index in [0.717, 1.165) is 0 Å². The number of rotatable bonds is 5. The number of hydrogen-bond acceptors (Lipinski definition) is 2. The van der Waals surface area contributed by atoms with Crippen LogP contribution in [0, 0.1) is 5.92 Å². The van der Waals surface area contributed by atoms with Crippen LogP contribution in [-0.4, -0.2) is 24.3 Å². The highest BCUT2D eigenvalue weighted by molar-refractivity contribution is 5.07. The predicted molar refractivity (Wildman–Crippen MR) is 53.5 cm³/mol. The molecule has 0 bridgehead atoms. The highest BCUT2D eigenvalue weighted by atomic mass is 19.4. The maximum absolute atomic E-state index is 12.5. The van der Waals surface area contributed by atoms with E-state index >= 15 is 0 Å². The summed E-state index contributed by atoms with van der Waals surface area (Å²) >= 11 is 0. The van der Waals surface area contributed by atoms with Crippen LogP contribution >= 0.6 is 0 Å². The molecule has 2 nitrogen and oxygen atoms in total. The monoisotopic (exact) mass is 224 g/mol. The predicted octanol–water partition coefficient (Wildman–Crippen LogP) is 2.04. The smallest absolute Gasteiger partial charge is 0.327 e. The van der Waals surface area contributed by atoms with Crippen molar-refractivity contribution in [3.63, 3.8) is 0 Å². The van der Waals surface area contributed by atoms with Crippen molar-refractivity contribution in [3.05, 3.63) is 0 Å². The molecule has 0 heterocycles. The first kappa shape index (κ1) is 12.8. The lowest BCUT2D eigenvalue weighted by molar-refractivity contribution is -0.165. The van der Waals surface area contributed by atoms with Crippen molar-refractivity contribution in [1.29, 1.82) is 0 Å². The van der Waals surface area contributed by atoms with Crippen LogP contribution in [0.3, 0.4) is 0 Å². The fourth-order valence-electron chi connectivity index (χ4n) is 1.50. The largest absolute Gasteiger partial charge is 0.406 e. The number of alkyl halides is 3. The van der Waals surface area contributed by atoms with Gasteiger partial charge in [-0.25, -0.2) is 0 Å². The maximum atomic E-state index is 12.5. The van der Waals surface area contributed by atoms with Crippen molar-refractivity contribution in [1.82, 2.24) is 5.32 Å². The second-order valence-electron chi connectivity index (χ2n) is 4.70. The Morgan fingerprint density at radius 1 is 1.33 bits per heavy atom. The Kier molecular flexibility index (Phi) is 3.66. The first-order valence-corrected chi connectivity index (χ1v) is 5.36. The van der Waals surface area contributed by atoms with Crippen LogP contribution in [0.5, 0.6) is 0 Å². The molecule has 0 amide bonds. The summed E-state index contributed by atoms with van der Waals surface area (Å²) in [5.41, 5.74) is 4.16. The molecule has 15 heavy (non-hydrogen) atoms. The van der Waals surface area contributed by atoms with E-state index in [1.54, 1.807) is 0 Å². The maximum Gasteiger partial charge on any atom is 0.406 e. The summed E-state index contributed by atoms with van der Waals surface area (Å²) in [6.07, 6.45) is -3.12. The van der Waals surface area contributed by atoms with Gasteiger partial charge < -0.3 is 11.1 Å². The molecule has 90 valence electrons. The van der Waals surface area contributed by atoms with Gasteiger partial charge in [-0.2, -0.15) is 13.2 Å². The molecule has 1 aliphatic rings. The summed E-state index contributed by atoms with van der Waals surface area (Å²) in [4.78, 5) is 0. The van der Waals surface area contributed by atoms with E-state index in [1.165, 1.54) is 0 Å². The van der Waals surface area contributed by atoms with Crippen LogP contribution in [0.15, 0.2) is 0 Å². The van der Waals surface area contributed by atoms with E-state index in [4.69, 9.17) is 5.73 Å². The summed E-state index contributed by atoms with van der Waals surface area (Å²) in [6.45, 7) is 4.29. The Hall–Kier alpha value is -0.290. The summed E-state index contributed by atoms with van der Waals surface area (Å²) < 4.78 is 37.5. The molecule has 0 saturated heterocycles. The Morgan fingerprint density at radius 2 is 1.87 bits per heavy atom. The average molecular weight is 224 g/mol. The van der Waals surface area contributed by atoms with Crippen molar-refractivity contribution >= 4 is 0 Å². The van der Waals surface area contributed by atoms with Crippen LogP contribution in [0.4, 0.5) is 13.2 Å². The third kappa shape index (κ3) is 3.08. The molecule has 1 fully saturated rings. The van der Waals surface area contributed by atoms with Gasteiger partial charge in [0, 0.05) is 6.04 Å². The average Bonchev–Trinajstić information content (AvgIpc) is 2.83. The standard InChI is InChI=1S/C10H19F3N2/c1-7(2)8(14)3-6-15-9(4-5-9)10(11,12)13/h7-8,15H,3-6,14H2,1-2H3. The Bertz CT molecular complexity index is 209. The highest BCUT2D eigenvalue weighted by Crippen LogP contribution is 2.48. The normalized spacial score (nSPS) is 21.8. The Labute approximate surface area is 88.4 Å². The molecule has 0 aromatic rings. The SMILES string of the molecule is CC(C)C(N)CCNC1(C(F)(F)F)CC1. The minimum Gasteiger partial charge on any atom is -0.327 e. The van der Waals surface area contributed by atoms with Gasteiger partial charge in [0.2, 0.25) is 0 Å². The lowest BCUT2D eigenvalue weighted by atomic mass is 10.0. The van der Waals surface area contributed by atoms with Gasteiger partial charge in [-0.3, -0.25) is 0 Å². The van der Waals surface area contributed by atoms with Gasteiger partial charge >= 0.3 is 6.18 Å². The fraction of sp³-hybridized carbons (Fsp3) is 1.00. The van der Waals surface area contributed by atoms with E-state index in [0.29, 0.717) is 18.9 Å². The molecule has 0 aromatic carbocycles. The molecule has 1 rings (SSSR count). The molecule has 0 aromatic heterocycles. The van der Waals surface area contributed by atoms with Crippen LogP contribution in [0.2, 0.25) is 0 Å². The fourth-order valence-corrected chi connectivity index (χ4v) is 1.50. The first-order valence-electron chi connectivity index (χ1n) is 5.36. The molecule has 1 atom stereocenters. The number of halogens is 3. The molecule has 1 aliphatic carbocycles. The molecular formula is C10H19F3N2. The van der Waals surface area contributed by atoms with E-state index in [-0.39, 0.29) is 18.9 Å². The molecule has 3 N–H and O–H groups in total. The zero-order valence-corrected chi connectivity index (χ0v) is 9.19. The summed E-state index contributed by atoms with van der Waals surface area (Å²) in [5.74, 6) is 0.313. The van der Waals surface area contributed by atoms with Crippen molar-refractivity contribution < 1.29 is 13.2 Å². The van der Waals surface area contributed by atoms with Gasteiger partial charge in [0.15, 0.2) is 0 Å². The molecule has 0 radical (unpaired) electrons. The molecule has 0 spiro atoms. The molecule has 0 aliphatic heterocycles. The Balaban J connectivity index is 2.27. The minimum atomic E-state index is -4.12. The zero-order valence-electron chi connectivity index (χ0n) is 9.19. The quantitative estimate of drug-likeness (QED) is 0.750. The Morgan fingerprint density at radius 3 is 2.20 bits per heavy atom. The second-order valence-corrected chi connectivity index (χ2v) is 4.70. The summed E-state index contributed by atoms with van der Waals surface area (Å²) in [5, 5.41) is 2.59. The van der Waals surface area contributed by atoms with Crippen molar-refractivity contribution in [3.8, 4) is 0 Å². The van der Waals surface area contributed by atoms with Gasteiger partial charge in [0.25, 0.3) is 0 Å². The van der Waals surface area contributed by atoms with E-state index in [2.05, 4.69) is 5.32 Å². The molecule has 5 heteroatoms. The number of nitrogens with one attached hydrogen (secondary N) is 1. The highest BCUT2D eigenvalue weighted by Gasteiger charge is 2.62. The molecular weight excluding hydrogens is 205 g/mol. The van der Waals surface area contributed by atoms with Gasteiger partial charge in [-0.05, 0) is 31.7 Å². The van der Waals surface area contributed by atoms with Crippen LogP contribution in [0.25, 0.3) is 0 Å². The summed E-state index contributed by atoms with van der Waals surface area (Å²) in [7, 11) is 0. The van der Waals surface area contributed by atoms with Crippen molar-refractivity contribution in [2.24, 2.45) is 11.7 Å². The minimum absolute atomic E-state index is 0.0264. The lowest BCUT2D eigenvalue weighted by Crippen LogP contribution is -2.46. The second kappa shape index (κ2) is 4.29.